The molecule has 24 heavy (non-hydrogen) atoms. The van der Waals surface area contributed by atoms with E-state index in [2.05, 4.69) is 62.2 Å². The summed E-state index contributed by atoms with van der Waals surface area (Å²) in [7, 11) is 0. The van der Waals surface area contributed by atoms with Crippen molar-refractivity contribution in [2.45, 2.75) is 40.3 Å². The van der Waals surface area contributed by atoms with E-state index in [1.54, 1.807) is 12.5 Å². The first kappa shape index (κ1) is 20.3. The van der Waals surface area contributed by atoms with Crippen LogP contribution < -0.4 is 10.6 Å². The number of pyridine rings is 1. The molecule has 0 aliphatic rings. The molecule has 8 heteroatoms. The molecule has 0 amide bonds. The van der Waals surface area contributed by atoms with Gasteiger partial charge >= 0.3 is 0 Å². The van der Waals surface area contributed by atoms with E-state index in [0.717, 1.165) is 49.1 Å². The molecule has 0 saturated carbocycles. The fraction of sp³-hybridized carbons (Fsp3) is 0.500. The summed E-state index contributed by atoms with van der Waals surface area (Å²) < 4.78 is 2.06. The van der Waals surface area contributed by atoms with Gasteiger partial charge in [0.2, 0.25) is 0 Å². The first-order valence-corrected chi connectivity index (χ1v) is 8.04. The van der Waals surface area contributed by atoms with Crippen molar-refractivity contribution in [3.05, 3.63) is 41.7 Å². The quantitative estimate of drug-likeness (QED) is 0.389. The normalized spacial score (nSPS) is 11.0. The Morgan fingerprint density at radius 2 is 2.12 bits per heavy atom. The molecule has 132 valence electrons. The van der Waals surface area contributed by atoms with Gasteiger partial charge in [0.25, 0.3) is 0 Å². The van der Waals surface area contributed by atoms with E-state index >= 15 is 0 Å². The second kappa shape index (κ2) is 11.0. The molecule has 0 radical (unpaired) electrons. The zero-order valence-electron chi connectivity index (χ0n) is 14.5. The maximum Gasteiger partial charge on any atom is 0.191 e. The lowest BCUT2D eigenvalue weighted by molar-refractivity contribution is 0.632. The summed E-state index contributed by atoms with van der Waals surface area (Å²) in [6, 6.07) is 3.99. The fourth-order valence-corrected chi connectivity index (χ4v) is 2.21. The summed E-state index contributed by atoms with van der Waals surface area (Å²) in [5.74, 6) is 1.79. The predicted octanol–water partition coefficient (Wildman–Crippen LogP) is 1.92. The molecule has 0 atom stereocenters. The monoisotopic (exact) mass is 443 g/mol. The Kier molecular flexibility index (Phi) is 9.28. The van der Waals surface area contributed by atoms with Gasteiger partial charge in [0.1, 0.15) is 12.2 Å². The number of hydrogen-bond acceptors (Lipinski definition) is 4. The topological polar surface area (TPSA) is 80.0 Å². The van der Waals surface area contributed by atoms with Crippen molar-refractivity contribution >= 4 is 29.9 Å². The maximum absolute atomic E-state index is 4.60. The van der Waals surface area contributed by atoms with Crippen LogP contribution in [-0.4, -0.2) is 38.8 Å². The highest BCUT2D eigenvalue weighted by Gasteiger charge is 2.03. The zero-order chi connectivity index (χ0) is 16.5. The standard InChI is InChI=1S/C16H25N7.HI/c1-4-15-22-21-12-23(15)10-9-19-16(17-5-2)20-11-14-13(3)7-6-8-18-14;/h6-8,12H,4-5,9-11H2,1-3H3,(H2,17,19,20);1H. The first-order chi connectivity index (χ1) is 11.2. The van der Waals surface area contributed by atoms with Crippen LogP contribution in [0.15, 0.2) is 29.6 Å². The average molecular weight is 443 g/mol. The molecule has 0 spiro atoms. The van der Waals surface area contributed by atoms with Crippen molar-refractivity contribution in [1.29, 1.82) is 0 Å². The van der Waals surface area contributed by atoms with E-state index in [1.165, 1.54) is 0 Å². The number of nitrogens with zero attached hydrogens (tertiary/aromatic N) is 5. The molecule has 0 bridgehead atoms. The summed E-state index contributed by atoms with van der Waals surface area (Å²) in [5, 5.41) is 14.6. The Bertz CT molecular complexity index is 639. The van der Waals surface area contributed by atoms with E-state index in [1.807, 2.05) is 6.07 Å². The number of aryl methyl sites for hydroxylation is 2. The van der Waals surface area contributed by atoms with Gasteiger partial charge in [-0.05, 0) is 25.5 Å². The van der Waals surface area contributed by atoms with Crippen LogP contribution in [0.3, 0.4) is 0 Å². The van der Waals surface area contributed by atoms with E-state index in [4.69, 9.17) is 0 Å². The Hall–Kier alpha value is -1.71. The minimum atomic E-state index is 0. The van der Waals surface area contributed by atoms with Gasteiger partial charge in [-0.1, -0.05) is 13.0 Å². The fourth-order valence-electron chi connectivity index (χ4n) is 2.21. The number of aromatic nitrogens is 4. The SMILES string of the molecule is CCNC(=NCc1ncccc1C)NCCn1cnnc1CC.I. The zero-order valence-corrected chi connectivity index (χ0v) is 16.8. The third-order valence-corrected chi connectivity index (χ3v) is 3.51. The minimum Gasteiger partial charge on any atom is -0.357 e. The Morgan fingerprint density at radius 3 is 2.83 bits per heavy atom. The summed E-state index contributed by atoms with van der Waals surface area (Å²) in [5.41, 5.74) is 2.15. The number of rotatable bonds is 7. The Morgan fingerprint density at radius 1 is 1.29 bits per heavy atom. The second-order valence-corrected chi connectivity index (χ2v) is 5.18. The Balaban J connectivity index is 0.00000288. The number of guanidine groups is 1. The molecule has 0 aliphatic carbocycles. The van der Waals surface area contributed by atoms with Crippen LogP contribution in [-0.2, 0) is 19.5 Å². The molecule has 2 aromatic heterocycles. The van der Waals surface area contributed by atoms with E-state index in [9.17, 15) is 0 Å². The molecule has 2 rings (SSSR count). The number of halogens is 1. The second-order valence-electron chi connectivity index (χ2n) is 5.18. The van der Waals surface area contributed by atoms with Gasteiger partial charge in [-0.3, -0.25) is 4.98 Å². The van der Waals surface area contributed by atoms with E-state index in [0.29, 0.717) is 6.54 Å². The van der Waals surface area contributed by atoms with Crippen molar-refractivity contribution < 1.29 is 0 Å². The third-order valence-electron chi connectivity index (χ3n) is 3.51. The van der Waals surface area contributed by atoms with Crippen LogP contribution in [0.4, 0.5) is 0 Å². The van der Waals surface area contributed by atoms with Crippen molar-refractivity contribution in [2.24, 2.45) is 4.99 Å². The third kappa shape index (κ3) is 6.06. The van der Waals surface area contributed by atoms with Crippen molar-refractivity contribution in [1.82, 2.24) is 30.4 Å². The summed E-state index contributed by atoms with van der Waals surface area (Å²) in [6.07, 6.45) is 4.45. The first-order valence-electron chi connectivity index (χ1n) is 8.04. The molecule has 2 aromatic rings. The maximum atomic E-state index is 4.60. The number of nitrogens with one attached hydrogen (secondary N) is 2. The van der Waals surface area contributed by atoms with Crippen LogP contribution in [0.25, 0.3) is 0 Å². The molecular formula is C16H26IN7. The Labute approximate surface area is 160 Å². The molecule has 0 unspecified atom stereocenters. The highest BCUT2D eigenvalue weighted by Crippen LogP contribution is 2.04. The summed E-state index contributed by atoms with van der Waals surface area (Å²) in [4.78, 5) is 8.97. The van der Waals surface area contributed by atoms with Gasteiger partial charge in [-0.25, -0.2) is 4.99 Å². The predicted molar refractivity (Wildman–Crippen MR) is 107 cm³/mol. The molecule has 0 fully saturated rings. The van der Waals surface area contributed by atoms with Crippen LogP contribution in [0, 0.1) is 6.92 Å². The minimum absolute atomic E-state index is 0. The molecule has 7 nitrogen and oxygen atoms in total. The van der Waals surface area contributed by atoms with Gasteiger partial charge in [-0.2, -0.15) is 0 Å². The molecule has 2 heterocycles. The van der Waals surface area contributed by atoms with Crippen LogP contribution in [0.5, 0.6) is 0 Å². The lowest BCUT2D eigenvalue weighted by Gasteiger charge is -2.12. The summed E-state index contributed by atoms with van der Waals surface area (Å²) >= 11 is 0. The number of hydrogen-bond donors (Lipinski definition) is 2. The van der Waals surface area contributed by atoms with Gasteiger partial charge in [0.05, 0.1) is 12.2 Å². The van der Waals surface area contributed by atoms with Crippen LogP contribution >= 0.6 is 24.0 Å². The smallest absolute Gasteiger partial charge is 0.191 e. The van der Waals surface area contributed by atoms with E-state index < -0.39 is 0 Å². The van der Waals surface area contributed by atoms with Gasteiger partial charge in [0.15, 0.2) is 5.96 Å². The van der Waals surface area contributed by atoms with Crippen molar-refractivity contribution in [3.8, 4) is 0 Å². The average Bonchev–Trinajstić information content (AvgIpc) is 3.01. The number of aliphatic imine (C=N–C) groups is 1. The molecule has 2 N–H and O–H groups in total. The highest BCUT2D eigenvalue weighted by molar-refractivity contribution is 14.0. The largest absolute Gasteiger partial charge is 0.357 e. The summed E-state index contributed by atoms with van der Waals surface area (Å²) in [6.45, 7) is 9.14. The van der Waals surface area contributed by atoms with E-state index in [-0.39, 0.29) is 24.0 Å². The lowest BCUT2D eigenvalue weighted by Crippen LogP contribution is -2.39. The molecule has 0 saturated heterocycles. The van der Waals surface area contributed by atoms with Gasteiger partial charge in [-0.15, -0.1) is 34.2 Å². The molecular weight excluding hydrogens is 417 g/mol. The molecule has 0 aliphatic heterocycles. The van der Waals surface area contributed by atoms with Crippen molar-refractivity contribution in [3.63, 3.8) is 0 Å². The van der Waals surface area contributed by atoms with Gasteiger partial charge in [0, 0.05) is 32.3 Å². The highest BCUT2D eigenvalue weighted by atomic mass is 127. The van der Waals surface area contributed by atoms with Crippen LogP contribution in [0.1, 0.15) is 30.9 Å². The lowest BCUT2D eigenvalue weighted by atomic mass is 10.2. The van der Waals surface area contributed by atoms with Gasteiger partial charge < -0.3 is 15.2 Å². The van der Waals surface area contributed by atoms with Crippen LogP contribution in [0.2, 0.25) is 0 Å². The molecule has 0 aromatic carbocycles. The van der Waals surface area contributed by atoms with Crippen molar-refractivity contribution in [2.75, 3.05) is 13.1 Å².